The first-order chi connectivity index (χ1) is 15.9. The van der Waals surface area contributed by atoms with Gasteiger partial charge in [-0.1, -0.05) is 113 Å². The summed E-state index contributed by atoms with van der Waals surface area (Å²) in [6, 6.07) is 9.00. The van der Waals surface area contributed by atoms with Gasteiger partial charge in [0.25, 0.3) is 0 Å². The van der Waals surface area contributed by atoms with Gasteiger partial charge in [0.1, 0.15) is 5.75 Å². The molecule has 0 aliphatic rings. The van der Waals surface area contributed by atoms with Crippen LogP contribution in [0.15, 0.2) is 30.3 Å². The van der Waals surface area contributed by atoms with Gasteiger partial charge in [-0.05, 0) is 43.0 Å². The van der Waals surface area contributed by atoms with E-state index in [0.717, 1.165) is 18.4 Å². The quantitative estimate of drug-likeness (QED) is 0.203. The summed E-state index contributed by atoms with van der Waals surface area (Å²) in [6.07, 6.45) is 14.4. The average Bonchev–Trinajstić information content (AvgIpc) is 2.80. The molecule has 2 aromatic carbocycles. The third kappa shape index (κ3) is 9.46. The van der Waals surface area contributed by atoms with Gasteiger partial charge in [0, 0.05) is 5.02 Å². The molecular formula is C27H37Cl2NO3. The molecule has 2 aromatic rings. The minimum absolute atomic E-state index is 0.106. The van der Waals surface area contributed by atoms with Crippen molar-refractivity contribution in [3.8, 4) is 11.5 Å². The molecule has 0 saturated heterocycles. The van der Waals surface area contributed by atoms with Crippen molar-refractivity contribution in [2.45, 2.75) is 90.9 Å². The molecule has 182 valence electrons. The van der Waals surface area contributed by atoms with Crippen molar-refractivity contribution in [3.05, 3.63) is 51.5 Å². The van der Waals surface area contributed by atoms with Crippen LogP contribution in [0.1, 0.15) is 88.7 Å². The summed E-state index contributed by atoms with van der Waals surface area (Å²) in [7, 11) is 0. The summed E-state index contributed by atoms with van der Waals surface area (Å²) in [5.74, 6) is 0.288. The standard InChI is InChI=1S/C27H37Cl2NO3/c1-3-4-5-6-7-8-9-10-11-12-13-16-21-17-14-15-18-24(21)33-27(32)30-23-19-22(28)20(2)25(29)26(23)31/h14-15,17-19,31H,3-13,16H2,1-2H3,(H,30,32). The Morgan fingerprint density at radius 2 is 1.52 bits per heavy atom. The summed E-state index contributed by atoms with van der Waals surface area (Å²) in [6.45, 7) is 3.94. The molecule has 0 fully saturated rings. The maximum atomic E-state index is 12.4. The summed E-state index contributed by atoms with van der Waals surface area (Å²) < 4.78 is 5.52. The van der Waals surface area contributed by atoms with Crippen molar-refractivity contribution in [1.82, 2.24) is 0 Å². The van der Waals surface area contributed by atoms with Crippen molar-refractivity contribution in [2.24, 2.45) is 0 Å². The fourth-order valence-electron chi connectivity index (χ4n) is 3.82. The first kappa shape index (κ1) is 27.3. The van der Waals surface area contributed by atoms with Crippen molar-refractivity contribution in [3.63, 3.8) is 0 Å². The Hall–Kier alpha value is -1.91. The lowest BCUT2D eigenvalue weighted by Gasteiger charge is -2.13. The predicted octanol–water partition coefficient (Wildman–Crippen LogP) is 9.47. The van der Waals surface area contributed by atoms with Crippen molar-refractivity contribution < 1.29 is 14.6 Å². The van der Waals surface area contributed by atoms with E-state index in [4.69, 9.17) is 27.9 Å². The third-order valence-corrected chi connectivity index (χ3v) is 6.74. The smallest absolute Gasteiger partial charge is 0.417 e. The van der Waals surface area contributed by atoms with Crippen LogP contribution in [0.2, 0.25) is 10.0 Å². The van der Waals surface area contributed by atoms with Crippen molar-refractivity contribution >= 4 is 35.0 Å². The number of halogens is 2. The van der Waals surface area contributed by atoms with Gasteiger partial charge in [-0.15, -0.1) is 0 Å². The van der Waals surface area contributed by atoms with E-state index in [1.165, 1.54) is 70.3 Å². The van der Waals surface area contributed by atoms with Crippen LogP contribution < -0.4 is 10.1 Å². The average molecular weight is 495 g/mol. The van der Waals surface area contributed by atoms with Crippen LogP contribution in [-0.4, -0.2) is 11.2 Å². The highest BCUT2D eigenvalue weighted by molar-refractivity contribution is 6.37. The van der Waals surface area contributed by atoms with Gasteiger partial charge in [-0.2, -0.15) is 0 Å². The van der Waals surface area contributed by atoms with Crippen LogP contribution >= 0.6 is 23.2 Å². The highest BCUT2D eigenvalue weighted by atomic mass is 35.5. The highest BCUT2D eigenvalue weighted by Crippen LogP contribution is 2.38. The number of nitrogens with one attached hydrogen (secondary N) is 1. The van der Waals surface area contributed by atoms with Crippen LogP contribution in [0.4, 0.5) is 10.5 Å². The van der Waals surface area contributed by atoms with Crippen LogP contribution in [0.25, 0.3) is 0 Å². The summed E-state index contributed by atoms with van der Waals surface area (Å²) >= 11 is 12.2. The number of hydrogen-bond donors (Lipinski definition) is 2. The van der Waals surface area contributed by atoms with E-state index in [9.17, 15) is 9.90 Å². The van der Waals surface area contributed by atoms with Gasteiger partial charge >= 0.3 is 6.09 Å². The van der Waals surface area contributed by atoms with E-state index in [1.807, 2.05) is 18.2 Å². The lowest BCUT2D eigenvalue weighted by Crippen LogP contribution is -2.17. The molecule has 0 aliphatic carbocycles. The third-order valence-electron chi connectivity index (χ3n) is 5.88. The number of aromatic hydroxyl groups is 1. The number of ether oxygens (including phenoxy) is 1. The number of phenols is 1. The molecule has 0 saturated carbocycles. The van der Waals surface area contributed by atoms with Gasteiger partial charge in [0.15, 0.2) is 5.75 Å². The topological polar surface area (TPSA) is 58.6 Å². The van der Waals surface area contributed by atoms with E-state index >= 15 is 0 Å². The maximum absolute atomic E-state index is 12.4. The number of rotatable bonds is 14. The van der Waals surface area contributed by atoms with Gasteiger partial charge in [-0.3, -0.25) is 5.32 Å². The van der Waals surface area contributed by atoms with Gasteiger partial charge in [0.2, 0.25) is 0 Å². The fraction of sp³-hybridized carbons (Fsp3) is 0.519. The predicted molar refractivity (Wildman–Crippen MR) is 139 cm³/mol. The van der Waals surface area contributed by atoms with E-state index in [1.54, 1.807) is 13.0 Å². The second kappa shape index (κ2) is 15.1. The molecule has 6 heteroatoms. The van der Waals surface area contributed by atoms with E-state index in [0.29, 0.717) is 16.3 Å². The van der Waals surface area contributed by atoms with Gasteiger partial charge < -0.3 is 9.84 Å². The van der Waals surface area contributed by atoms with Crippen LogP contribution in [-0.2, 0) is 6.42 Å². The van der Waals surface area contributed by atoms with Crippen LogP contribution in [0.5, 0.6) is 11.5 Å². The molecule has 0 heterocycles. The van der Waals surface area contributed by atoms with Crippen LogP contribution in [0, 0.1) is 6.92 Å². The molecule has 0 spiro atoms. The zero-order valence-corrected chi connectivity index (χ0v) is 21.4. The first-order valence-electron chi connectivity index (χ1n) is 12.2. The minimum atomic E-state index is -0.701. The van der Waals surface area contributed by atoms with Crippen molar-refractivity contribution in [2.75, 3.05) is 5.32 Å². The minimum Gasteiger partial charge on any atom is -0.504 e. The summed E-state index contributed by atoms with van der Waals surface area (Å²) in [4.78, 5) is 12.4. The SMILES string of the molecule is CCCCCCCCCCCCCc1ccccc1OC(=O)Nc1cc(Cl)c(C)c(Cl)c1O. The Bertz CT molecular complexity index is 886. The molecule has 0 radical (unpaired) electrons. The number of carbonyl (C=O) groups excluding carboxylic acids is 1. The molecule has 0 unspecified atom stereocenters. The molecule has 0 aromatic heterocycles. The Kier molecular flexibility index (Phi) is 12.5. The molecule has 0 aliphatic heterocycles. The van der Waals surface area contributed by atoms with E-state index in [2.05, 4.69) is 12.2 Å². The molecule has 0 bridgehead atoms. The largest absolute Gasteiger partial charge is 0.504 e. The second-order valence-corrected chi connectivity index (χ2v) is 9.39. The maximum Gasteiger partial charge on any atom is 0.417 e. The highest BCUT2D eigenvalue weighted by Gasteiger charge is 2.16. The fourth-order valence-corrected chi connectivity index (χ4v) is 4.28. The van der Waals surface area contributed by atoms with Gasteiger partial charge in [0.05, 0.1) is 10.7 Å². The molecule has 2 N–H and O–H groups in total. The normalized spacial score (nSPS) is 10.9. The number of aryl methyl sites for hydroxylation is 1. The van der Waals surface area contributed by atoms with E-state index < -0.39 is 6.09 Å². The second-order valence-electron chi connectivity index (χ2n) is 8.60. The van der Waals surface area contributed by atoms with Crippen molar-refractivity contribution in [1.29, 1.82) is 0 Å². The molecule has 1 amide bonds. The molecule has 4 nitrogen and oxygen atoms in total. The van der Waals surface area contributed by atoms with Crippen LogP contribution in [0.3, 0.4) is 0 Å². The number of para-hydroxylation sites is 1. The summed E-state index contributed by atoms with van der Waals surface area (Å²) in [5.41, 5.74) is 1.66. The molecule has 0 atom stereocenters. The molecular weight excluding hydrogens is 457 g/mol. The zero-order chi connectivity index (χ0) is 24.1. The lowest BCUT2D eigenvalue weighted by molar-refractivity contribution is 0.214. The number of unbranched alkanes of at least 4 members (excludes halogenated alkanes) is 10. The number of phenolic OH excluding ortho intramolecular Hbond substituents is 1. The molecule has 33 heavy (non-hydrogen) atoms. The number of amides is 1. The number of benzene rings is 2. The lowest BCUT2D eigenvalue weighted by atomic mass is 10.0. The monoisotopic (exact) mass is 493 g/mol. The number of hydrogen-bond acceptors (Lipinski definition) is 3. The Balaban J connectivity index is 1.75. The number of anilines is 1. The molecule has 2 rings (SSSR count). The first-order valence-corrected chi connectivity index (χ1v) is 12.9. The van der Waals surface area contributed by atoms with E-state index in [-0.39, 0.29) is 16.5 Å². The zero-order valence-electron chi connectivity index (χ0n) is 19.9. The summed E-state index contributed by atoms with van der Waals surface area (Å²) in [5, 5.41) is 13.2. The Labute approximate surface area is 208 Å². The Morgan fingerprint density at radius 1 is 0.939 bits per heavy atom. The number of carbonyl (C=O) groups is 1. The van der Waals surface area contributed by atoms with Gasteiger partial charge in [-0.25, -0.2) is 4.79 Å². The Morgan fingerprint density at radius 3 is 2.15 bits per heavy atom.